The first-order valence-corrected chi connectivity index (χ1v) is 11.9. The molecule has 0 unspecified atom stereocenters. The highest BCUT2D eigenvalue weighted by Gasteiger charge is 2.22. The Balaban J connectivity index is 1.64. The van der Waals surface area contributed by atoms with Crippen LogP contribution in [-0.2, 0) is 14.3 Å². The summed E-state index contributed by atoms with van der Waals surface area (Å²) in [7, 11) is 0. The Kier molecular flexibility index (Phi) is 12.8. The third-order valence-electron chi connectivity index (χ3n) is 5.39. The van der Waals surface area contributed by atoms with Gasteiger partial charge in [-0.3, -0.25) is 10.1 Å². The number of ether oxygens (including phenoxy) is 3. The molecule has 0 radical (unpaired) electrons. The third kappa shape index (κ3) is 10.8. The highest BCUT2D eigenvalue weighted by molar-refractivity contribution is 6.07. The number of aromatic hydroxyl groups is 1. The maximum Gasteiger partial charge on any atom is 0.329 e. The molecule has 0 atom stereocenters. The van der Waals surface area contributed by atoms with Crippen LogP contribution in [0.5, 0.6) is 11.5 Å². The number of carboxylic acid groups (broad SMARTS) is 1. The molecule has 1 saturated carbocycles. The van der Waals surface area contributed by atoms with E-state index in [1.165, 1.54) is 6.07 Å². The second-order valence-electron chi connectivity index (χ2n) is 8.23. The lowest BCUT2D eigenvalue weighted by Gasteiger charge is -2.22. The van der Waals surface area contributed by atoms with Crippen LogP contribution in [0.3, 0.4) is 0 Å². The SMILES string of the molecule is O=C(O)COCCCCOCCCCOc1cccc(O)c1C(=O)NC(=O)NC1CCCCC1. The number of carbonyl (C=O) groups is 3. The molecule has 190 valence electrons. The molecule has 1 fully saturated rings. The number of nitrogens with one attached hydrogen (secondary N) is 2. The minimum Gasteiger partial charge on any atom is -0.507 e. The summed E-state index contributed by atoms with van der Waals surface area (Å²) < 4.78 is 16.2. The maximum absolute atomic E-state index is 12.6. The van der Waals surface area contributed by atoms with Crippen molar-refractivity contribution in [2.75, 3.05) is 33.0 Å². The molecule has 3 amide bonds. The van der Waals surface area contributed by atoms with Crippen LogP contribution in [0.1, 0.15) is 68.1 Å². The minimum absolute atomic E-state index is 0.0640. The fourth-order valence-corrected chi connectivity index (χ4v) is 3.66. The third-order valence-corrected chi connectivity index (χ3v) is 5.39. The van der Waals surface area contributed by atoms with Crippen LogP contribution < -0.4 is 15.4 Å². The van der Waals surface area contributed by atoms with Crippen LogP contribution in [0.4, 0.5) is 4.79 Å². The summed E-state index contributed by atoms with van der Waals surface area (Å²) in [6, 6.07) is 4.02. The zero-order valence-electron chi connectivity index (χ0n) is 19.6. The lowest BCUT2D eigenvalue weighted by Crippen LogP contribution is -2.45. The number of hydrogen-bond acceptors (Lipinski definition) is 7. The van der Waals surface area contributed by atoms with Gasteiger partial charge in [0.2, 0.25) is 0 Å². The average molecular weight is 481 g/mol. The molecule has 0 spiro atoms. The minimum atomic E-state index is -0.975. The van der Waals surface area contributed by atoms with E-state index in [0.29, 0.717) is 32.8 Å². The van der Waals surface area contributed by atoms with E-state index in [4.69, 9.17) is 19.3 Å². The van der Waals surface area contributed by atoms with E-state index in [0.717, 1.165) is 51.4 Å². The van der Waals surface area contributed by atoms with Crippen molar-refractivity contribution in [1.82, 2.24) is 10.6 Å². The summed E-state index contributed by atoms with van der Waals surface area (Å²) in [6.07, 6.45) is 8.03. The van der Waals surface area contributed by atoms with Crippen molar-refractivity contribution in [2.24, 2.45) is 0 Å². The second-order valence-corrected chi connectivity index (χ2v) is 8.23. The number of imide groups is 1. The van der Waals surface area contributed by atoms with Gasteiger partial charge in [0.25, 0.3) is 5.91 Å². The van der Waals surface area contributed by atoms with Gasteiger partial charge in [-0.15, -0.1) is 0 Å². The Labute approximate surface area is 200 Å². The predicted octanol–water partition coefficient (Wildman–Crippen LogP) is 3.22. The number of urea groups is 1. The van der Waals surface area contributed by atoms with Gasteiger partial charge in [0.05, 0.1) is 6.61 Å². The molecule has 0 bridgehead atoms. The van der Waals surface area contributed by atoms with Crippen LogP contribution in [0.2, 0.25) is 0 Å². The smallest absolute Gasteiger partial charge is 0.329 e. The fourth-order valence-electron chi connectivity index (χ4n) is 3.66. The Bertz CT molecular complexity index is 780. The van der Waals surface area contributed by atoms with E-state index in [9.17, 15) is 19.5 Å². The van der Waals surface area contributed by atoms with Crippen molar-refractivity contribution >= 4 is 17.9 Å². The van der Waals surface area contributed by atoms with E-state index in [1.54, 1.807) is 12.1 Å². The van der Waals surface area contributed by atoms with Gasteiger partial charge in [-0.25, -0.2) is 9.59 Å². The summed E-state index contributed by atoms with van der Waals surface area (Å²) in [5, 5.41) is 23.7. The molecule has 1 aliphatic rings. The van der Waals surface area contributed by atoms with Crippen molar-refractivity contribution in [1.29, 1.82) is 0 Å². The molecule has 2 rings (SSSR count). The van der Waals surface area contributed by atoms with Crippen molar-refractivity contribution in [3.05, 3.63) is 23.8 Å². The molecule has 0 heterocycles. The van der Waals surface area contributed by atoms with Gasteiger partial charge >= 0.3 is 12.0 Å². The van der Waals surface area contributed by atoms with Gasteiger partial charge in [0.1, 0.15) is 23.7 Å². The van der Waals surface area contributed by atoms with Gasteiger partial charge in [0.15, 0.2) is 0 Å². The number of rotatable bonds is 15. The Morgan fingerprint density at radius 2 is 1.56 bits per heavy atom. The average Bonchev–Trinajstić information content (AvgIpc) is 2.80. The van der Waals surface area contributed by atoms with Crippen LogP contribution in [-0.4, -0.2) is 67.2 Å². The number of carbonyl (C=O) groups excluding carboxylic acids is 2. The second kappa shape index (κ2) is 15.9. The lowest BCUT2D eigenvalue weighted by atomic mass is 9.96. The van der Waals surface area contributed by atoms with Gasteiger partial charge in [-0.2, -0.15) is 0 Å². The first-order chi connectivity index (χ1) is 16.5. The zero-order valence-corrected chi connectivity index (χ0v) is 19.6. The molecule has 0 saturated heterocycles. The van der Waals surface area contributed by atoms with Crippen LogP contribution in [0.15, 0.2) is 18.2 Å². The van der Waals surface area contributed by atoms with Gasteiger partial charge < -0.3 is 29.7 Å². The van der Waals surface area contributed by atoms with Crippen LogP contribution in [0.25, 0.3) is 0 Å². The van der Waals surface area contributed by atoms with E-state index >= 15 is 0 Å². The molecular formula is C24H36N2O8. The highest BCUT2D eigenvalue weighted by atomic mass is 16.5. The van der Waals surface area contributed by atoms with Gasteiger partial charge in [-0.05, 0) is 50.7 Å². The molecule has 1 aliphatic carbocycles. The van der Waals surface area contributed by atoms with E-state index in [1.807, 2.05) is 0 Å². The zero-order chi connectivity index (χ0) is 24.6. The molecule has 0 aliphatic heterocycles. The quantitative estimate of drug-likeness (QED) is 0.280. The molecule has 1 aromatic rings. The topological polar surface area (TPSA) is 143 Å². The van der Waals surface area contributed by atoms with E-state index in [-0.39, 0.29) is 29.7 Å². The maximum atomic E-state index is 12.6. The van der Waals surface area contributed by atoms with E-state index in [2.05, 4.69) is 10.6 Å². The number of unbranched alkanes of at least 4 members (excludes halogenated alkanes) is 2. The largest absolute Gasteiger partial charge is 0.507 e. The summed E-state index contributed by atoms with van der Waals surface area (Å²) in [5.74, 6) is -1.73. The van der Waals surface area contributed by atoms with Gasteiger partial charge in [0, 0.05) is 25.9 Å². The number of carboxylic acids is 1. The highest BCUT2D eigenvalue weighted by Crippen LogP contribution is 2.27. The number of phenols is 1. The molecule has 34 heavy (non-hydrogen) atoms. The summed E-state index contributed by atoms with van der Waals surface area (Å²) in [4.78, 5) is 35.1. The monoisotopic (exact) mass is 480 g/mol. The summed E-state index contributed by atoms with van der Waals surface area (Å²) >= 11 is 0. The van der Waals surface area contributed by atoms with Crippen molar-refractivity contribution in [3.63, 3.8) is 0 Å². The number of benzene rings is 1. The summed E-state index contributed by atoms with van der Waals surface area (Å²) in [6.45, 7) is 1.55. The first-order valence-electron chi connectivity index (χ1n) is 11.9. The number of phenolic OH excluding ortho intramolecular Hbond substituents is 1. The molecule has 0 aromatic heterocycles. The fraction of sp³-hybridized carbons (Fsp3) is 0.625. The van der Waals surface area contributed by atoms with Gasteiger partial charge in [-0.1, -0.05) is 25.3 Å². The predicted molar refractivity (Wildman–Crippen MR) is 124 cm³/mol. The molecule has 1 aromatic carbocycles. The normalized spacial score (nSPS) is 13.9. The Morgan fingerprint density at radius 3 is 2.24 bits per heavy atom. The van der Waals surface area contributed by atoms with E-state index < -0.39 is 17.9 Å². The molecule has 4 N–H and O–H groups in total. The van der Waals surface area contributed by atoms with Crippen LogP contribution in [0, 0.1) is 0 Å². The standard InChI is InChI=1S/C24H36N2O8/c27-19-11-8-12-20(22(19)23(30)26-24(31)25-18-9-2-1-3-10-18)34-16-7-6-14-32-13-4-5-15-33-17-21(28)29/h8,11-12,18,27H,1-7,9-10,13-17H2,(H,28,29)(H2,25,26,30,31). The lowest BCUT2D eigenvalue weighted by molar-refractivity contribution is -0.142. The number of aliphatic carboxylic acids is 1. The molecule has 10 nitrogen and oxygen atoms in total. The Morgan fingerprint density at radius 1 is 0.912 bits per heavy atom. The van der Waals surface area contributed by atoms with Crippen molar-refractivity contribution in [2.45, 2.75) is 63.8 Å². The molecule has 10 heteroatoms. The number of amides is 3. The van der Waals surface area contributed by atoms with Crippen molar-refractivity contribution in [3.8, 4) is 11.5 Å². The molecular weight excluding hydrogens is 444 g/mol. The van der Waals surface area contributed by atoms with Crippen molar-refractivity contribution < 1.29 is 38.8 Å². The van der Waals surface area contributed by atoms with Crippen LogP contribution >= 0.6 is 0 Å². The Hall–Kier alpha value is -2.85. The first kappa shape index (κ1) is 27.4. The summed E-state index contributed by atoms with van der Waals surface area (Å²) in [5.41, 5.74) is -0.0670. The number of hydrogen-bond donors (Lipinski definition) is 4.